The Balaban J connectivity index is 1.53. The molecule has 1 N–H and O–H groups in total. The van der Waals surface area contributed by atoms with Crippen molar-refractivity contribution in [2.75, 3.05) is 31.6 Å². The van der Waals surface area contributed by atoms with Gasteiger partial charge in [0.25, 0.3) is 0 Å². The molecule has 0 saturated carbocycles. The van der Waals surface area contributed by atoms with Crippen LogP contribution >= 0.6 is 11.8 Å². The molecule has 1 aliphatic heterocycles. The van der Waals surface area contributed by atoms with Gasteiger partial charge in [0.15, 0.2) is 0 Å². The first kappa shape index (κ1) is 24.7. The number of hydrogen-bond acceptors (Lipinski definition) is 6. The number of anilines is 1. The second-order valence-corrected chi connectivity index (χ2v) is 11.8. The van der Waals surface area contributed by atoms with Gasteiger partial charge < -0.3 is 10.1 Å². The number of thioether (sulfide) groups is 1. The molecule has 1 aliphatic rings. The van der Waals surface area contributed by atoms with Crippen molar-refractivity contribution < 1.29 is 17.9 Å². The van der Waals surface area contributed by atoms with E-state index in [1.807, 2.05) is 52.0 Å². The van der Waals surface area contributed by atoms with Crippen molar-refractivity contribution in [3.8, 4) is 0 Å². The molecule has 3 aromatic rings. The number of hydrogen-bond donors (Lipinski definition) is 1. The number of sulfonamides is 1. The summed E-state index contributed by atoms with van der Waals surface area (Å²) in [5.41, 5.74) is 4.60. The Morgan fingerprint density at radius 3 is 2.56 bits per heavy atom. The first-order valence-electron chi connectivity index (χ1n) is 11.2. The number of carbonyl (C=O) groups is 1. The topological polar surface area (TPSA) is 88.6 Å². The molecule has 180 valence electrons. The molecular formula is C25H29N3O4S2. The van der Waals surface area contributed by atoms with Gasteiger partial charge in [-0.2, -0.15) is 4.31 Å². The van der Waals surface area contributed by atoms with Gasteiger partial charge in [0.05, 0.1) is 33.9 Å². The van der Waals surface area contributed by atoms with E-state index in [1.165, 1.54) is 16.1 Å². The predicted molar refractivity (Wildman–Crippen MR) is 136 cm³/mol. The average molecular weight is 500 g/mol. The summed E-state index contributed by atoms with van der Waals surface area (Å²) < 4.78 is 32.8. The number of carbonyl (C=O) groups excluding carboxylic acids is 1. The van der Waals surface area contributed by atoms with Gasteiger partial charge in [0, 0.05) is 24.2 Å². The van der Waals surface area contributed by atoms with Crippen LogP contribution in [0.25, 0.3) is 10.9 Å². The van der Waals surface area contributed by atoms with Crippen LogP contribution in [0.15, 0.2) is 52.4 Å². The van der Waals surface area contributed by atoms with Crippen molar-refractivity contribution >= 4 is 44.3 Å². The van der Waals surface area contributed by atoms with E-state index in [9.17, 15) is 13.2 Å². The van der Waals surface area contributed by atoms with Gasteiger partial charge in [0.2, 0.25) is 15.9 Å². The molecule has 7 nitrogen and oxygen atoms in total. The van der Waals surface area contributed by atoms with Crippen LogP contribution in [0, 0.1) is 20.8 Å². The van der Waals surface area contributed by atoms with Crippen molar-refractivity contribution in [3.63, 3.8) is 0 Å². The van der Waals surface area contributed by atoms with E-state index in [0.717, 1.165) is 32.8 Å². The van der Waals surface area contributed by atoms with Crippen molar-refractivity contribution in [3.05, 3.63) is 59.2 Å². The Hall–Kier alpha value is -2.46. The number of aryl methyl sites for hydroxylation is 2. The van der Waals surface area contributed by atoms with Crippen LogP contribution < -0.4 is 5.32 Å². The minimum absolute atomic E-state index is 0.0924. The normalized spacial score (nSPS) is 15.9. The number of morpholine rings is 1. The van der Waals surface area contributed by atoms with E-state index in [2.05, 4.69) is 10.3 Å². The molecule has 1 amide bonds. The average Bonchev–Trinajstić information content (AvgIpc) is 2.82. The quantitative estimate of drug-likeness (QED) is 0.509. The Morgan fingerprint density at radius 2 is 1.82 bits per heavy atom. The Morgan fingerprint density at radius 1 is 1.09 bits per heavy atom. The Bertz CT molecular complexity index is 1340. The molecule has 0 spiro atoms. The fourth-order valence-electron chi connectivity index (χ4n) is 3.85. The van der Waals surface area contributed by atoms with Gasteiger partial charge in [0.1, 0.15) is 0 Å². The zero-order valence-electron chi connectivity index (χ0n) is 19.8. The lowest BCUT2D eigenvalue weighted by molar-refractivity contribution is -0.115. The van der Waals surface area contributed by atoms with E-state index in [4.69, 9.17) is 4.74 Å². The zero-order chi connectivity index (χ0) is 24.5. The summed E-state index contributed by atoms with van der Waals surface area (Å²) in [6, 6.07) is 12.8. The number of rotatable bonds is 6. The highest BCUT2D eigenvalue weighted by Gasteiger charge is 2.27. The van der Waals surface area contributed by atoms with Crippen LogP contribution in [-0.4, -0.2) is 55.2 Å². The number of pyridine rings is 1. The highest BCUT2D eigenvalue weighted by Crippen LogP contribution is 2.30. The van der Waals surface area contributed by atoms with Crippen molar-refractivity contribution in [1.29, 1.82) is 0 Å². The molecule has 1 fully saturated rings. The molecule has 0 aliphatic carbocycles. The third-order valence-electron chi connectivity index (χ3n) is 6.10. The van der Waals surface area contributed by atoms with Crippen LogP contribution in [0.3, 0.4) is 0 Å². The van der Waals surface area contributed by atoms with Crippen molar-refractivity contribution in [2.24, 2.45) is 0 Å². The van der Waals surface area contributed by atoms with Crippen LogP contribution in [-0.2, 0) is 19.6 Å². The molecule has 2 heterocycles. The monoisotopic (exact) mass is 499 g/mol. The van der Waals surface area contributed by atoms with Crippen molar-refractivity contribution in [2.45, 2.75) is 42.9 Å². The van der Waals surface area contributed by atoms with E-state index < -0.39 is 10.0 Å². The summed E-state index contributed by atoms with van der Waals surface area (Å²) in [7, 11) is -3.58. The molecule has 34 heavy (non-hydrogen) atoms. The fraction of sp³-hybridized carbons (Fsp3) is 0.360. The smallest absolute Gasteiger partial charge is 0.243 e. The molecule has 9 heteroatoms. The molecular weight excluding hydrogens is 470 g/mol. The van der Waals surface area contributed by atoms with Gasteiger partial charge in [-0.15, -0.1) is 0 Å². The SMILES string of the molecule is Cc1cccc(NC(=O)[C@H](C)Sc2cc(C)c3cc(S(=O)(=O)N4CCOCC4)ccc3n2)c1C. The van der Waals surface area contributed by atoms with Gasteiger partial charge in [-0.1, -0.05) is 23.9 Å². The molecule has 0 unspecified atom stereocenters. The Kier molecular flexibility index (Phi) is 7.28. The summed E-state index contributed by atoms with van der Waals surface area (Å²) in [4.78, 5) is 17.7. The van der Waals surface area contributed by atoms with E-state index in [-0.39, 0.29) is 16.1 Å². The maximum atomic E-state index is 13.0. The number of nitrogens with one attached hydrogen (secondary N) is 1. The third kappa shape index (κ3) is 5.12. The second kappa shape index (κ2) is 10.0. The number of ether oxygens (including phenoxy) is 1. The zero-order valence-corrected chi connectivity index (χ0v) is 21.4. The maximum absolute atomic E-state index is 13.0. The number of nitrogens with zero attached hydrogens (tertiary/aromatic N) is 2. The summed E-state index contributed by atoms with van der Waals surface area (Å²) in [6.45, 7) is 9.31. The number of amides is 1. The number of aromatic nitrogens is 1. The van der Waals surface area contributed by atoms with E-state index >= 15 is 0 Å². The summed E-state index contributed by atoms with van der Waals surface area (Å²) in [5, 5.41) is 4.16. The molecule has 0 bridgehead atoms. The largest absolute Gasteiger partial charge is 0.379 e. The van der Waals surface area contributed by atoms with E-state index in [0.29, 0.717) is 31.8 Å². The standard InChI is InChI=1S/C25H29N3O4S2/c1-16-6-5-7-22(18(16)3)27-25(29)19(4)33-24-14-17(2)21-15-20(8-9-23(21)26-24)34(30,31)28-10-12-32-13-11-28/h5-9,14-15,19H,10-13H2,1-4H3,(H,27,29)/t19-/m0/s1. The minimum atomic E-state index is -3.58. The fourth-order valence-corrected chi connectivity index (χ4v) is 6.21. The molecule has 2 aromatic carbocycles. The van der Waals surface area contributed by atoms with Crippen LogP contribution in [0.2, 0.25) is 0 Å². The van der Waals surface area contributed by atoms with Crippen molar-refractivity contribution in [1.82, 2.24) is 9.29 Å². The lowest BCUT2D eigenvalue weighted by atomic mass is 10.1. The van der Waals surface area contributed by atoms with Crippen LogP contribution in [0.4, 0.5) is 5.69 Å². The highest BCUT2D eigenvalue weighted by molar-refractivity contribution is 8.00. The molecule has 0 radical (unpaired) electrons. The molecule has 1 atom stereocenters. The first-order valence-corrected chi connectivity index (χ1v) is 13.5. The maximum Gasteiger partial charge on any atom is 0.243 e. The van der Waals surface area contributed by atoms with Gasteiger partial charge >= 0.3 is 0 Å². The number of fused-ring (bicyclic) bond motifs is 1. The predicted octanol–water partition coefficient (Wildman–Crippen LogP) is 4.30. The molecule has 1 aromatic heterocycles. The van der Waals surface area contributed by atoms with Gasteiger partial charge in [-0.25, -0.2) is 13.4 Å². The summed E-state index contributed by atoms with van der Waals surface area (Å²) in [6.07, 6.45) is 0. The second-order valence-electron chi connectivity index (χ2n) is 8.47. The van der Waals surface area contributed by atoms with Crippen LogP contribution in [0.1, 0.15) is 23.6 Å². The highest BCUT2D eigenvalue weighted by atomic mass is 32.2. The molecule has 1 saturated heterocycles. The third-order valence-corrected chi connectivity index (χ3v) is 9.01. The van der Waals surface area contributed by atoms with Gasteiger partial charge in [-0.3, -0.25) is 4.79 Å². The summed E-state index contributed by atoms with van der Waals surface area (Å²) >= 11 is 1.38. The number of benzene rings is 2. The van der Waals surface area contributed by atoms with Crippen LogP contribution in [0.5, 0.6) is 0 Å². The lowest BCUT2D eigenvalue weighted by Gasteiger charge is -2.26. The van der Waals surface area contributed by atoms with Gasteiger partial charge in [-0.05, 0) is 74.7 Å². The Labute approximate surface area is 205 Å². The lowest BCUT2D eigenvalue weighted by Crippen LogP contribution is -2.40. The minimum Gasteiger partial charge on any atom is -0.379 e. The van der Waals surface area contributed by atoms with E-state index in [1.54, 1.807) is 18.2 Å². The molecule has 4 rings (SSSR count). The summed E-state index contributed by atoms with van der Waals surface area (Å²) in [5.74, 6) is -0.0924. The first-order chi connectivity index (χ1) is 16.2.